The van der Waals surface area contributed by atoms with Gasteiger partial charge >= 0.3 is 0 Å². The molecular formula is C21H21ClN2O2S. The Morgan fingerprint density at radius 3 is 2.63 bits per heavy atom. The van der Waals surface area contributed by atoms with Gasteiger partial charge in [-0.1, -0.05) is 48.0 Å². The minimum absolute atomic E-state index is 0.194. The molecular weight excluding hydrogens is 380 g/mol. The van der Waals surface area contributed by atoms with Crippen LogP contribution in [0.25, 0.3) is 10.6 Å². The van der Waals surface area contributed by atoms with Crippen molar-refractivity contribution in [1.29, 1.82) is 0 Å². The highest BCUT2D eigenvalue weighted by atomic mass is 35.5. The molecule has 140 valence electrons. The maximum atomic E-state index is 12.4. The number of halogens is 1. The molecule has 0 spiro atoms. The molecule has 1 aromatic heterocycles. The van der Waals surface area contributed by atoms with Crippen LogP contribution in [-0.4, -0.2) is 17.0 Å². The first-order valence-electron chi connectivity index (χ1n) is 8.67. The number of carbonyl (C=O) groups is 1. The molecule has 3 rings (SSSR count). The Morgan fingerprint density at radius 2 is 1.89 bits per heavy atom. The van der Waals surface area contributed by atoms with E-state index in [-0.39, 0.29) is 5.91 Å². The highest BCUT2D eigenvalue weighted by molar-refractivity contribution is 7.15. The van der Waals surface area contributed by atoms with Gasteiger partial charge in [-0.25, -0.2) is 4.98 Å². The Balaban J connectivity index is 1.64. The van der Waals surface area contributed by atoms with Crippen LogP contribution in [0.3, 0.4) is 0 Å². The lowest BCUT2D eigenvalue weighted by Gasteiger charge is -2.15. The number of amides is 1. The fraction of sp³-hybridized carbons (Fsp3) is 0.238. The summed E-state index contributed by atoms with van der Waals surface area (Å²) in [5.74, 6) is 0.304. The smallest absolute Gasteiger partial charge is 0.261 e. The largest absolute Gasteiger partial charge is 0.479 e. The van der Waals surface area contributed by atoms with Gasteiger partial charge in [0.25, 0.3) is 5.91 Å². The van der Waals surface area contributed by atoms with Crippen molar-refractivity contribution in [2.75, 3.05) is 0 Å². The van der Waals surface area contributed by atoms with E-state index in [2.05, 4.69) is 29.4 Å². The summed E-state index contributed by atoms with van der Waals surface area (Å²) in [6.45, 7) is 6.16. The number of carbonyl (C=O) groups excluding carboxylic acids is 1. The van der Waals surface area contributed by atoms with Crippen molar-refractivity contribution >= 4 is 28.8 Å². The van der Waals surface area contributed by atoms with Crippen molar-refractivity contribution in [3.05, 3.63) is 69.7 Å². The Bertz CT molecular complexity index is 955. The Kier molecular flexibility index (Phi) is 6.14. The minimum Gasteiger partial charge on any atom is -0.479 e. The number of hydrogen-bond acceptors (Lipinski definition) is 4. The maximum Gasteiger partial charge on any atom is 0.261 e. The normalized spacial score (nSPS) is 11.9. The number of benzene rings is 2. The first-order valence-corrected chi connectivity index (χ1v) is 9.86. The van der Waals surface area contributed by atoms with Crippen molar-refractivity contribution in [3.8, 4) is 16.3 Å². The van der Waals surface area contributed by atoms with E-state index in [0.717, 1.165) is 21.1 Å². The second-order valence-corrected chi connectivity index (χ2v) is 7.74. The molecule has 0 aliphatic rings. The number of rotatable bonds is 6. The van der Waals surface area contributed by atoms with E-state index >= 15 is 0 Å². The van der Waals surface area contributed by atoms with E-state index in [1.54, 1.807) is 30.4 Å². The van der Waals surface area contributed by atoms with Gasteiger partial charge in [0.05, 0.1) is 17.3 Å². The van der Waals surface area contributed by atoms with E-state index in [4.69, 9.17) is 16.3 Å². The van der Waals surface area contributed by atoms with Gasteiger partial charge in [-0.05, 0) is 38.5 Å². The molecule has 0 saturated carbocycles. The molecule has 4 nitrogen and oxygen atoms in total. The van der Waals surface area contributed by atoms with Crippen molar-refractivity contribution < 1.29 is 9.53 Å². The SMILES string of the molecule is Cc1ccccc1-c1nc(C)c(CNC(=O)C(C)Oc2ccccc2Cl)s1. The maximum absolute atomic E-state index is 12.4. The van der Waals surface area contributed by atoms with Crippen LogP contribution in [0.15, 0.2) is 48.5 Å². The number of nitrogens with one attached hydrogen (secondary N) is 1. The summed E-state index contributed by atoms with van der Waals surface area (Å²) >= 11 is 7.68. The van der Waals surface area contributed by atoms with Gasteiger partial charge in [0.1, 0.15) is 10.8 Å². The summed E-state index contributed by atoms with van der Waals surface area (Å²) in [6, 6.07) is 15.3. The van der Waals surface area contributed by atoms with Gasteiger partial charge in [0.15, 0.2) is 6.10 Å². The van der Waals surface area contributed by atoms with Crippen molar-refractivity contribution in [3.63, 3.8) is 0 Å². The number of aromatic nitrogens is 1. The summed E-state index contributed by atoms with van der Waals surface area (Å²) < 4.78 is 5.66. The molecule has 0 aliphatic heterocycles. The Hall–Kier alpha value is -2.37. The number of thiazole rings is 1. The van der Waals surface area contributed by atoms with Crippen LogP contribution in [0.2, 0.25) is 5.02 Å². The van der Waals surface area contributed by atoms with Crippen LogP contribution in [0.1, 0.15) is 23.1 Å². The lowest BCUT2D eigenvalue weighted by molar-refractivity contribution is -0.127. The van der Waals surface area contributed by atoms with Crippen LogP contribution in [0, 0.1) is 13.8 Å². The van der Waals surface area contributed by atoms with Gasteiger partial charge in [-0.2, -0.15) is 0 Å². The van der Waals surface area contributed by atoms with E-state index in [9.17, 15) is 4.79 Å². The lowest BCUT2D eigenvalue weighted by atomic mass is 10.1. The molecule has 2 aromatic carbocycles. The van der Waals surface area contributed by atoms with Crippen LogP contribution in [0.4, 0.5) is 0 Å². The molecule has 0 fully saturated rings. The summed E-state index contributed by atoms with van der Waals surface area (Å²) in [5.41, 5.74) is 3.24. The molecule has 1 N–H and O–H groups in total. The zero-order valence-electron chi connectivity index (χ0n) is 15.5. The van der Waals surface area contributed by atoms with Crippen LogP contribution < -0.4 is 10.1 Å². The quantitative estimate of drug-likeness (QED) is 0.621. The summed E-state index contributed by atoms with van der Waals surface area (Å²) in [4.78, 5) is 18.1. The fourth-order valence-electron chi connectivity index (χ4n) is 2.62. The average Bonchev–Trinajstić information content (AvgIpc) is 3.02. The molecule has 27 heavy (non-hydrogen) atoms. The van der Waals surface area contributed by atoms with Crippen LogP contribution in [0.5, 0.6) is 5.75 Å². The van der Waals surface area contributed by atoms with Gasteiger partial charge in [-0.3, -0.25) is 4.79 Å². The number of hydrogen-bond donors (Lipinski definition) is 1. The molecule has 1 heterocycles. The predicted octanol–water partition coefficient (Wildman–Crippen LogP) is 5.16. The summed E-state index contributed by atoms with van der Waals surface area (Å²) in [5, 5.41) is 4.37. The first-order chi connectivity index (χ1) is 13.0. The Labute approximate surface area is 168 Å². The monoisotopic (exact) mass is 400 g/mol. The molecule has 1 unspecified atom stereocenters. The number of ether oxygens (including phenoxy) is 1. The molecule has 0 bridgehead atoms. The third-order valence-corrected chi connectivity index (χ3v) is 5.70. The van der Waals surface area contributed by atoms with Crippen LogP contribution >= 0.6 is 22.9 Å². The third-order valence-electron chi connectivity index (χ3n) is 4.20. The fourth-order valence-corrected chi connectivity index (χ4v) is 3.89. The number of nitrogens with zero attached hydrogens (tertiary/aromatic N) is 1. The highest BCUT2D eigenvalue weighted by Crippen LogP contribution is 2.30. The summed E-state index contributed by atoms with van der Waals surface area (Å²) in [6.07, 6.45) is -0.644. The number of aryl methyl sites for hydroxylation is 2. The highest BCUT2D eigenvalue weighted by Gasteiger charge is 2.17. The topological polar surface area (TPSA) is 51.2 Å². The van der Waals surface area contributed by atoms with Crippen molar-refractivity contribution in [2.45, 2.75) is 33.4 Å². The minimum atomic E-state index is -0.644. The van der Waals surface area contributed by atoms with Crippen LogP contribution in [-0.2, 0) is 11.3 Å². The van der Waals surface area contributed by atoms with Gasteiger partial charge in [-0.15, -0.1) is 11.3 Å². The van der Waals surface area contributed by atoms with E-state index < -0.39 is 6.10 Å². The molecule has 6 heteroatoms. The van der Waals surface area contributed by atoms with Gasteiger partial charge in [0.2, 0.25) is 0 Å². The molecule has 1 atom stereocenters. The van der Waals surface area contributed by atoms with Gasteiger partial charge in [0, 0.05) is 10.4 Å². The number of para-hydroxylation sites is 1. The van der Waals surface area contributed by atoms with E-state index in [0.29, 0.717) is 17.3 Å². The van der Waals surface area contributed by atoms with Crippen molar-refractivity contribution in [1.82, 2.24) is 10.3 Å². The molecule has 1 amide bonds. The third kappa shape index (κ3) is 4.67. The van der Waals surface area contributed by atoms with E-state index in [1.807, 2.05) is 31.2 Å². The average molecular weight is 401 g/mol. The Morgan fingerprint density at radius 1 is 1.19 bits per heavy atom. The predicted molar refractivity (Wildman–Crippen MR) is 110 cm³/mol. The van der Waals surface area contributed by atoms with E-state index in [1.165, 1.54) is 5.56 Å². The molecule has 0 saturated heterocycles. The molecule has 0 aliphatic carbocycles. The molecule has 3 aromatic rings. The summed E-state index contributed by atoms with van der Waals surface area (Å²) in [7, 11) is 0. The zero-order valence-corrected chi connectivity index (χ0v) is 17.0. The zero-order chi connectivity index (χ0) is 19.4. The standard InChI is InChI=1S/C21H21ClN2O2S/c1-13-8-4-5-9-16(13)21-24-14(2)19(27-21)12-23-20(25)15(3)26-18-11-7-6-10-17(18)22/h4-11,15H,12H2,1-3H3,(H,23,25). The second kappa shape index (κ2) is 8.55. The lowest BCUT2D eigenvalue weighted by Crippen LogP contribution is -2.35. The molecule has 0 radical (unpaired) electrons. The van der Waals surface area contributed by atoms with Crippen molar-refractivity contribution in [2.24, 2.45) is 0 Å². The second-order valence-electron chi connectivity index (χ2n) is 6.25. The first kappa shape index (κ1) is 19.4. The van der Waals surface area contributed by atoms with Gasteiger partial charge < -0.3 is 10.1 Å².